The summed E-state index contributed by atoms with van der Waals surface area (Å²) in [5.41, 5.74) is 8.29. The predicted molar refractivity (Wildman–Crippen MR) is 67.5 cm³/mol. The van der Waals surface area contributed by atoms with E-state index in [1.807, 2.05) is 12.1 Å². The number of hydrogen-bond donors (Lipinski definition) is 1. The molecule has 2 nitrogen and oxygen atoms in total. The fraction of sp³-hybridized carbons (Fsp3) is 0.571. The van der Waals surface area contributed by atoms with E-state index in [0.29, 0.717) is 12.0 Å². The summed E-state index contributed by atoms with van der Waals surface area (Å²) in [6.45, 7) is 2.91. The van der Waals surface area contributed by atoms with Gasteiger partial charge in [-0.1, -0.05) is 18.2 Å². The summed E-state index contributed by atoms with van der Waals surface area (Å²) in [6.07, 6.45) is 5.24. The Balaban J connectivity index is 1.96. The van der Waals surface area contributed by atoms with Crippen molar-refractivity contribution < 1.29 is 4.74 Å². The minimum absolute atomic E-state index is 0.478. The van der Waals surface area contributed by atoms with Crippen LogP contribution in [0.5, 0.6) is 0 Å². The molecule has 2 rings (SSSR count). The molecule has 0 radical (unpaired) electrons. The average Bonchev–Trinajstić information content (AvgIpc) is 2.31. The van der Waals surface area contributed by atoms with Gasteiger partial charge in [0.1, 0.15) is 0 Å². The molecular weight excluding hydrogens is 198 g/mol. The highest BCUT2D eigenvalue weighted by Gasteiger charge is 2.23. The summed E-state index contributed by atoms with van der Waals surface area (Å²) in [5, 5.41) is 0. The van der Waals surface area contributed by atoms with E-state index >= 15 is 0 Å². The molecule has 0 aromatic heterocycles. The lowest BCUT2D eigenvalue weighted by molar-refractivity contribution is 0.0328. The van der Waals surface area contributed by atoms with E-state index in [1.54, 1.807) is 0 Å². The topological polar surface area (TPSA) is 35.2 Å². The third-order valence-corrected chi connectivity index (χ3v) is 3.51. The normalized spacial score (nSPS) is 25.6. The summed E-state index contributed by atoms with van der Waals surface area (Å²) in [6, 6.07) is 8.26. The second kappa shape index (κ2) is 5.35. The Morgan fingerprint density at radius 1 is 1.19 bits per heavy atom. The van der Waals surface area contributed by atoms with E-state index in [-0.39, 0.29) is 0 Å². The van der Waals surface area contributed by atoms with Crippen molar-refractivity contribution in [1.29, 1.82) is 0 Å². The Morgan fingerprint density at radius 3 is 2.50 bits per heavy atom. The van der Waals surface area contributed by atoms with Crippen LogP contribution in [0, 0.1) is 0 Å². The number of hydrogen-bond acceptors (Lipinski definition) is 2. The molecule has 1 aliphatic rings. The third-order valence-electron chi connectivity index (χ3n) is 3.51. The Morgan fingerprint density at radius 2 is 1.88 bits per heavy atom. The van der Waals surface area contributed by atoms with Crippen LogP contribution in [0.25, 0.3) is 0 Å². The Kier molecular flexibility index (Phi) is 3.83. The van der Waals surface area contributed by atoms with Gasteiger partial charge < -0.3 is 10.5 Å². The Labute approximate surface area is 97.8 Å². The zero-order valence-electron chi connectivity index (χ0n) is 9.99. The smallest absolute Gasteiger partial charge is 0.0575 e. The van der Waals surface area contributed by atoms with Gasteiger partial charge in [-0.15, -0.1) is 0 Å². The number of para-hydroxylation sites is 1. The molecule has 2 N–H and O–H groups in total. The fourth-order valence-electron chi connectivity index (χ4n) is 2.66. The van der Waals surface area contributed by atoms with Crippen LogP contribution >= 0.6 is 0 Å². The maximum atomic E-state index is 6.01. The molecule has 0 unspecified atom stereocenters. The lowest BCUT2D eigenvalue weighted by Crippen LogP contribution is -2.21. The lowest BCUT2D eigenvalue weighted by atomic mass is 9.82. The lowest BCUT2D eigenvalue weighted by Gasteiger charge is -2.29. The first-order valence-corrected chi connectivity index (χ1v) is 6.27. The maximum absolute atomic E-state index is 6.01. The number of anilines is 1. The monoisotopic (exact) mass is 219 g/mol. The largest absolute Gasteiger partial charge is 0.398 e. The highest BCUT2D eigenvalue weighted by atomic mass is 16.5. The molecule has 0 saturated heterocycles. The molecule has 1 aromatic carbocycles. The van der Waals surface area contributed by atoms with Crippen LogP contribution in [0.15, 0.2) is 24.3 Å². The molecule has 0 bridgehead atoms. The van der Waals surface area contributed by atoms with E-state index in [9.17, 15) is 0 Å². The van der Waals surface area contributed by atoms with Gasteiger partial charge in [-0.2, -0.15) is 0 Å². The second-order valence-corrected chi connectivity index (χ2v) is 4.56. The van der Waals surface area contributed by atoms with E-state index in [2.05, 4.69) is 19.1 Å². The Hall–Kier alpha value is -1.02. The second-order valence-electron chi connectivity index (χ2n) is 4.56. The highest BCUT2D eigenvalue weighted by molar-refractivity contribution is 5.48. The quantitative estimate of drug-likeness (QED) is 0.791. The molecule has 0 aliphatic heterocycles. The summed E-state index contributed by atoms with van der Waals surface area (Å²) in [5.74, 6) is 0.637. The molecular formula is C14H21NO. The molecule has 1 aliphatic carbocycles. The standard InChI is InChI=1S/C14H21NO/c1-2-16-12-9-7-11(8-10-12)13-5-3-4-6-14(13)15/h3-6,11-12H,2,7-10,15H2,1H3. The first-order valence-electron chi connectivity index (χ1n) is 6.27. The zero-order chi connectivity index (χ0) is 11.4. The molecule has 1 saturated carbocycles. The van der Waals surface area contributed by atoms with Crippen molar-refractivity contribution in [1.82, 2.24) is 0 Å². The first-order chi connectivity index (χ1) is 7.81. The SMILES string of the molecule is CCOC1CCC(c2ccccc2N)CC1. The van der Waals surface area contributed by atoms with Crippen molar-refractivity contribution in [3.8, 4) is 0 Å². The van der Waals surface area contributed by atoms with Crippen LogP contribution in [-0.2, 0) is 4.74 Å². The van der Waals surface area contributed by atoms with Gasteiger partial charge >= 0.3 is 0 Å². The van der Waals surface area contributed by atoms with Crippen LogP contribution in [-0.4, -0.2) is 12.7 Å². The van der Waals surface area contributed by atoms with Gasteiger partial charge in [0.25, 0.3) is 0 Å². The van der Waals surface area contributed by atoms with Crippen LogP contribution in [0.2, 0.25) is 0 Å². The van der Waals surface area contributed by atoms with E-state index in [4.69, 9.17) is 10.5 Å². The molecule has 0 heterocycles. The van der Waals surface area contributed by atoms with Gasteiger partial charge in [-0.3, -0.25) is 0 Å². The zero-order valence-corrected chi connectivity index (χ0v) is 9.99. The molecule has 1 fully saturated rings. The fourth-order valence-corrected chi connectivity index (χ4v) is 2.66. The van der Waals surface area contributed by atoms with Crippen molar-refractivity contribution in [2.24, 2.45) is 0 Å². The molecule has 88 valence electrons. The van der Waals surface area contributed by atoms with Crippen molar-refractivity contribution in [2.75, 3.05) is 12.3 Å². The van der Waals surface area contributed by atoms with Crippen molar-refractivity contribution in [3.63, 3.8) is 0 Å². The van der Waals surface area contributed by atoms with Crippen molar-refractivity contribution >= 4 is 5.69 Å². The van der Waals surface area contributed by atoms with Crippen LogP contribution in [0.4, 0.5) is 5.69 Å². The predicted octanol–water partition coefficient (Wildman–Crippen LogP) is 3.33. The summed E-state index contributed by atoms with van der Waals surface area (Å²) >= 11 is 0. The van der Waals surface area contributed by atoms with E-state index < -0.39 is 0 Å². The number of ether oxygens (including phenoxy) is 1. The minimum atomic E-state index is 0.478. The molecule has 0 spiro atoms. The van der Waals surface area contributed by atoms with Gasteiger partial charge in [-0.05, 0) is 50.2 Å². The summed E-state index contributed by atoms with van der Waals surface area (Å²) in [7, 11) is 0. The molecule has 2 heteroatoms. The summed E-state index contributed by atoms with van der Waals surface area (Å²) in [4.78, 5) is 0. The van der Waals surface area contributed by atoms with Crippen LogP contribution in [0.1, 0.15) is 44.1 Å². The summed E-state index contributed by atoms with van der Waals surface area (Å²) < 4.78 is 5.67. The number of nitrogen functional groups attached to an aromatic ring is 1. The number of nitrogens with two attached hydrogens (primary N) is 1. The molecule has 1 aromatic rings. The minimum Gasteiger partial charge on any atom is -0.398 e. The maximum Gasteiger partial charge on any atom is 0.0575 e. The highest BCUT2D eigenvalue weighted by Crippen LogP contribution is 2.36. The van der Waals surface area contributed by atoms with Crippen LogP contribution < -0.4 is 5.73 Å². The number of benzene rings is 1. The van der Waals surface area contributed by atoms with Gasteiger partial charge in [0, 0.05) is 12.3 Å². The van der Waals surface area contributed by atoms with Crippen molar-refractivity contribution in [3.05, 3.63) is 29.8 Å². The van der Waals surface area contributed by atoms with Gasteiger partial charge in [0.05, 0.1) is 6.10 Å². The molecule has 0 amide bonds. The van der Waals surface area contributed by atoms with Gasteiger partial charge in [0.15, 0.2) is 0 Å². The molecule has 0 atom stereocenters. The van der Waals surface area contributed by atoms with E-state index in [0.717, 1.165) is 12.3 Å². The Bertz CT molecular complexity index is 329. The number of rotatable bonds is 3. The van der Waals surface area contributed by atoms with E-state index in [1.165, 1.54) is 31.2 Å². The van der Waals surface area contributed by atoms with Gasteiger partial charge in [0.2, 0.25) is 0 Å². The molecule has 16 heavy (non-hydrogen) atoms. The van der Waals surface area contributed by atoms with Gasteiger partial charge in [-0.25, -0.2) is 0 Å². The average molecular weight is 219 g/mol. The third kappa shape index (κ3) is 2.56. The van der Waals surface area contributed by atoms with Crippen LogP contribution in [0.3, 0.4) is 0 Å². The van der Waals surface area contributed by atoms with Crippen molar-refractivity contribution in [2.45, 2.75) is 44.6 Å². The first kappa shape index (κ1) is 11.5.